The van der Waals surface area contributed by atoms with Crippen molar-refractivity contribution >= 4 is 17.6 Å². The van der Waals surface area contributed by atoms with Crippen molar-refractivity contribution in [2.45, 2.75) is 38.6 Å². The average Bonchev–Trinajstić information content (AvgIpc) is 3.38. The Hall–Kier alpha value is -3.62. The van der Waals surface area contributed by atoms with Crippen molar-refractivity contribution in [2.24, 2.45) is 7.05 Å². The van der Waals surface area contributed by atoms with Crippen LogP contribution in [0.5, 0.6) is 0 Å². The number of benzene rings is 1. The maximum absolute atomic E-state index is 13.3. The molecule has 170 valence electrons. The molecule has 0 unspecified atom stereocenters. The van der Waals surface area contributed by atoms with Crippen molar-refractivity contribution in [1.29, 1.82) is 0 Å². The molecule has 0 spiro atoms. The van der Waals surface area contributed by atoms with E-state index in [-0.39, 0.29) is 30.0 Å². The van der Waals surface area contributed by atoms with Gasteiger partial charge in [0.1, 0.15) is 17.5 Å². The minimum Gasteiger partial charge on any atom is -0.335 e. The van der Waals surface area contributed by atoms with Crippen molar-refractivity contribution in [3.05, 3.63) is 70.9 Å². The van der Waals surface area contributed by atoms with Crippen LogP contribution >= 0.6 is 0 Å². The van der Waals surface area contributed by atoms with Gasteiger partial charge >= 0.3 is 0 Å². The summed E-state index contributed by atoms with van der Waals surface area (Å²) in [6.45, 7) is 3.41. The highest BCUT2D eigenvalue weighted by Gasteiger charge is 2.34. The fourth-order valence-electron chi connectivity index (χ4n) is 4.60. The predicted molar refractivity (Wildman–Crippen MR) is 119 cm³/mol. The SMILES string of the molecule is Cc1nc([C@H]2CCCN(C(=O)c3nccn3C)C2)nc2c1CC(=O)N2Cc1ccc(F)cc1. The molecule has 8 nitrogen and oxygen atoms in total. The van der Waals surface area contributed by atoms with Gasteiger partial charge in [-0.1, -0.05) is 12.1 Å². The number of amides is 2. The first kappa shape index (κ1) is 21.2. The summed E-state index contributed by atoms with van der Waals surface area (Å²) in [5.74, 6) is 1.22. The highest BCUT2D eigenvalue weighted by Crippen LogP contribution is 2.33. The number of hydrogen-bond donors (Lipinski definition) is 0. The zero-order valence-corrected chi connectivity index (χ0v) is 18.7. The van der Waals surface area contributed by atoms with E-state index in [1.165, 1.54) is 12.1 Å². The number of carbonyl (C=O) groups excluding carboxylic acids is 2. The summed E-state index contributed by atoms with van der Waals surface area (Å²) in [5, 5.41) is 0. The van der Waals surface area contributed by atoms with E-state index in [2.05, 4.69) is 4.98 Å². The molecule has 0 saturated carbocycles. The normalized spacial score (nSPS) is 18.0. The van der Waals surface area contributed by atoms with E-state index >= 15 is 0 Å². The molecule has 5 rings (SSSR count). The number of hydrogen-bond acceptors (Lipinski definition) is 5. The van der Waals surface area contributed by atoms with Crippen LogP contribution in [0.2, 0.25) is 0 Å². The number of fused-ring (bicyclic) bond motifs is 1. The van der Waals surface area contributed by atoms with Gasteiger partial charge in [0.05, 0.1) is 13.0 Å². The summed E-state index contributed by atoms with van der Waals surface area (Å²) in [5.41, 5.74) is 2.46. The Kier molecular flexibility index (Phi) is 5.39. The summed E-state index contributed by atoms with van der Waals surface area (Å²) in [6, 6.07) is 6.14. The molecule has 4 heterocycles. The molecular formula is C24H25FN6O2. The molecule has 2 aliphatic heterocycles. The molecule has 2 aromatic heterocycles. The van der Waals surface area contributed by atoms with Crippen LogP contribution in [0.3, 0.4) is 0 Å². The Morgan fingerprint density at radius 3 is 2.73 bits per heavy atom. The summed E-state index contributed by atoms with van der Waals surface area (Å²) >= 11 is 0. The molecule has 0 radical (unpaired) electrons. The smallest absolute Gasteiger partial charge is 0.289 e. The summed E-state index contributed by atoms with van der Waals surface area (Å²) < 4.78 is 15.0. The first-order chi connectivity index (χ1) is 15.9. The third kappa shape index (κ3) is 3.99. The Morgan fingerprint density at radius 1 is 1.21 bits per heavy atom. The molecule has 1 saturated heterocycles. The third-order valence-electron chi connectivity index (χ3n) is 6.43. The molecule has 1 aromatic carbocycles. The number of halogens is 1. The van der Waals surface area contributed by atoms with Crippen LogP contribution in [0.25, 0.3) is 0 Å². The lowest BCUT2D eigenvalue weighted by molar-refractivity contribution is -0.117. The largest absolute Gasteiger partial charge is 0.335 e. The number of piperidine rings is 1. The van der Waals surface area contributed by atoms with Crippen LogP contribution in [0.1, 0.15) is 52.0 Å². The lowest BCUT2D eigenvalue weighted by Crippen LogP contribution is -2.40. The number of imidazole rings is 1. The number of likely N-dealkylation sites (tertiary alicyclic amines) is 1. The Morgan fingerprint density at radius 2 is 2.00 bits per heavy atom. The number of nitrogens with zero attached hydrogens (tertiary/aromatic N) is 6. The Labute approximate surface area is 191 Å². The van der Waals surface area contributed by atoms with Crippen LogP contribution in [-0.4, -0.2) is 49.3 Å². The summed E-state index contributed by atoms with van der Waals surface area (Å²) in [6.07, 6.45) is 5.35. The molecular weight excluding hydrogens is 423 g/mol. The van der Waals surface area contributed by atoms with Crippen LogP contribution < -0.4 is 4.90 Å². The van der Waals surface area contributed by atoms with Crippen LogP contribution in [0, 0.1) is 12.7 Å². The Balaban J connectivity index is 1.41. The maximum Gasteiger partial charge on any atom is 0.289 e. The molecule has 9 heteroatoms. The van der Waals surface area contributed by atoms with E-state index in [9.17, 15) is 14.0 Å². The summed E-state index contributed by atoms with van der Waals surface area (Å²) in [4.78, 5) is 42.9. The number of rotatable bonds is 4. The zero-order valence-electron chi connectivity index (χ0n) is 18.7. The number of carbonyl (C=O) groups is 2. The van der Waals surface area contributed by atoms with E-state index in [0.29, 0.717) is 37.1 Å². The van der Waals surface area contributed by atoms with Gasteiger partial charge in [-0.25, -0.2) is 19.3 Å². The van der Waals surface area contributed by atoms with Crippen LogP contribution in [-0.2, 0) is 24.8 Å². The van der Waals surface area contributed by atoms with Gasteiger partial charge in [0.15, 0.2) is 5.82 Å². The molecule has 0 bridgehead atoms. The van der Waals surface area contributed by atoms with Gasteiger partial charge in [0.25, 0.3) is 5.91 Å². The van der Waals surface area contributed by atoms with Gasteiger partial charge in [-0.2, -0.15) is 0 Å². The van der Waals surface area contributed by atoms with Crippen molar-refractivity contribution in [2.75, 3.05) is 18.0 Å². The van der Waals surface area contributed by atoms with Gasteiger partial charge in [-0.15, -0.1) is 0 Å². The fourth-order valence-corrected chi connectivity index (χ4v) is 4.60. The lowest BCUT2D eigenvalue weighted by atomic mass is 9.96. The summed E-state index contributed by atoms with van der Waals surface area (Å²) in [7, 11) is 1.81. The van der Waals surface area contributed by atoms with E-state index in [4.69, 9.17) is 9.97 Å². The highest BCUT2D eigenvalue weighted by atomic mass is 19.1. The van der Waals surface area contributed by atoms with Gasteiger partial charge < -0.3 is 9.47 Å². The third-order valence-corrected chi connectivity index (χ3v) is 6.43. The monoisotopic (exact) mass is 448 g/mol. The maximum atomic E-state index is 13.3. The minimum absolute atomic E-state index is 0.0182. The molecule has 33 heavy (non-hydrogen) atoms. The lowest BCUT2D eigenvalue weighted by Gasteiger charge is -2.32. The highest BCUT2D eigenvalue weighted by molar-refractivity contribution is 6.00. The van der Waals surface area contributed by atoms with Gasteiger partial charge in [-0.05, 0) is 37.5 Å². The molecule has 1 atom stereocenters. The number of aromatic nitrogens is 4. The average molecular weight is 449 g/mol. The van der Waals surface area contributed by atoms with Crippen molar-refractivity contribution in [3.8, 4) is 0 Å². The predicted octanol–water partition coefficient (Wildman–Crippen LogP) is 2.77. The van der Waals surface area contributed by atoms with Crippen molar-refractivity contribution in [3.63, 3.8) is 0 Å². The van der Waals surface area contributed by atoms with E-state index in [1.54, 1.807) is 41.0 Å². The molecule has 2 aliphatic rings. The minimum atomic E-state index is -0.311. The fraction of sp³-hybridized carbons (Fsp3) is 0.375. The second-order valence-electron chi connectivity index (χ2n) is 8.70. The first-order valence-electron chi connectivity index (χ1n) is 11.1. The quantitative estimate of drug-likeness (QED) is 0.613. The molecule has 1 fully saturated rings. The van der Waals surface area contributed by atoms with E-state index < -0.39 is 0 Å². The first-order valence-corrected chi connectivity index (χ1v) is 11.1. The molecule has 2 amide bonds. The van der Waals surface area contributed by atoms with Crippen molar-refractivity contribution in [1.82, 2.24) is 24.4 Å². The second-order valence-corrected chi connectivity index (χ2v) is 8.70. The van der Waals surface area contributed by atoms with Gasteiger partial charge in [0, 0.05) is 49.7 Å². The number of anilines is 1. The molecule has 0 aliphatic carbocycles. The molecule has 0 N–H and O–H groups in total. The Bertz CT molecular complexity index is 1220. The van der Waals surface area contributed by atoms with Crippen LogP contribution in [0.4, 0.5) is 10.2 Å². The van der Waals surface area contributed by atoms with Gasteiger partial charge in [-0.3, -0.25) is 14.5 Å². The van der Waals surface area contributed by atoms with E-state index in [0.717, 1.165) is 29.7 Å². The number of aryl methyl sites for hydroxylation is 2. The standard InChI is InChI=1S/C24H25FN6O2/c1-15-19-12-20(32)31(13-16-5-7-18(25)8-6-16)22(19)28-21(27-15)17-4-3-10-30(14-17)24(33)23-26-9-11-29(23)2/h5-9,11,17H,3-4,10,12-14H2,1-2H3/t17-/m0/s1. The van der Waals surface area contributed by atoms with Crippen molar-refractivity contribution < 1.29 is 14.0 Å². The zero-order chi connectivity index (χ0) is 23.1. The van der Waals surface area contributed by atoms with E-state index in [1.807, 2.05) is 11.8 Å². The van der Waals surface area contributed by atoms with Gasteiger partial charge in [0.2, 0.25) is 5.91 Å². The second kappa shape index (κ2) is 8.38. The molecule has 3 aromatic rings. The topological polar surface area (TPSA) is 84.2 Å². The van der Waals surface area contributed by atoms with Crippen LogP contribution in [0.15, 0.2) is 36.7 Å².